The summed E-state index contributed by atoms with van der Waals surface area (Å²) in [7, 11) is 0. The van der Waals surface area contributed by atoms with Crippen LogP contribution >= 0.6 is 11.8 Å². The van der Waals surface area contributed by atoms with Crippen molar-refractivity contribution in [3.8, 4) is 0 Å². The maximum Gasteiger partial charge on any atom is 0.255 e. The third-order valence-electron chi connectivity index (χ3n) is 4.65. The van der Waals surface area contributed by atoms with Crippen molar-refractivity contribution in [2.24, 2.45) is 0 Å². The minimum absolute atomic E-state index is 0.108. The van der Waals surface area contributed by atoms with Crippen LogP contribution < -0.4 is 0 Å². The lowest BCUT2D eigenvalue weighted by atomic mass is 10.0. The third kappa shape index (κ3) is 4.26. The van der Waals surface area contributed by atoms with Crippen molar-refractivity contribution in [2.45, 2.75) is 38.0 Å². The molecule has 2 aromatic rings. The molecule has 2 nitrogen and oxygen atoms in total. The Morgan fingerprint density at radius 3 is 2.62 bits per heavy atom. The Bertz CT molecular complexity index is 763. The number of hydrogen-bond donors (Lipinski definition) is 0. The molecule has 26 heavy (non-hydrogen) atoms. The van der Waals surface area contributed by atoms with Crippen LogP contribution in [-0.4, -0.2) is 23.1 Å². The van der Waals surface area contributed by atoms with E-state index in [4.69, 9.17) is 0 Å². The Labute approximate surface area is 157 Å². The number of benzene rings is 2. The number of nitrogens with zero attached hydrogens (tertiary/aromatic N) is 1. The molecule has 0 aliphatic carbocycles. The lowest BCUT2D eigenvalue weighted by Crippen LogP contribution is -2.30. The predicted molar refractivity (Wildman–Crippen MR) is 102 cm³/mol. The topological polar surface area (TPSA) is 20.3 Å². The zero-order valence-corrected chi connectivity index (χ0v) is 15.7. The van der Waals surface area contributed by atoms with Gasteiger partial charge in [0.25, 0.3) is 5.91 Å². The van der Waals surface area contributed by atoms with Crippen LogP contribution in [0.4, 0.5) is 8.78 Å². The van der Waals surface area contributed by atoms with Crippen molar-refractivity contribution >= 4 is 17.7 Å². The van der Waals surface area contributed by atoms with E-state index in [1.807, 2.05) is 24.3 Å². The summed E-state index contributed by atoms with van der Waals surface area (Å²) in [6.45, 7) is 2.74. The molecule has 1 aliphatic rings. The van der Waals surface area contributed by atoms with Crippen molar-refractivity contribution < 1.29 is 13.6 Å². The van der Waals surface area contributed by atoms with Crippen LogP contribution in [0.5, 0.6) is 0 Å². The van der Waals surface area contributed by atoms with Gasteiger partial charge < -0.3 is 4.90 Å². The summed E-state index contributed by atoms with van der Waals surface area (Å²) in [5, 5.41) is -0.410. The largest absolute Gasteiger partial charge is 0.322 e. The minimum Gasteiger partial charge on any atom is -0.322 e. The van der Waals surface area contributed by atoms with E-state index in [0.29, 0.717) is 17.7 Å². The first kappa shape index (κ1) is 18.9. The Hall–Kier alpha value is -1.88. The monoisotopic (exact) mass is 375 g/mol. The second-order valence-corrected chi connectivity index (χ2v) is 7.73. The van der Waals surface area contributed by atoms with Gasteiger partial charge in [0, 0.05) is 29.5 Å². The molecule has 1 fully saturated rings. The second kappa shape index (κ2) is 8.67. The molecular formula is C21H23F2NOS. The van der Waals surface area contributed by atoms with Crippen molar-refractivity contribution in [3.63, 3.8) is 0 Å². The molecule has 0 radical (unpaired) electrons. The minimum atomic E-state index is -0.606. The summed E-state index contributed by atoms with van der Waals surface area (Å²) in [6, 6.07) is 11.3. The standard InChI is InChI=1S/C21H23F2NOS/c1-2-3-4-5-15-6-8-16(9-7-15)20(25)24-12-13-26-21(24)18-11-10-17(22)14-19(18)23/h6-11,14,21H,2-5,12-13H2,1H3. The fraction of sp³-hybridized carbons (Fsp3) is 0.381. The van der Waals surface area contributed by atoms with Crippen LogP contribution in [-0.2, 0) is 6.42 Å². The van der Waals surface area contributed by atoms with E-state index in [2.05, 4.69) is 6.92 Å². The number of hydrogen-bond acceptors (Lipinski definition) is 2. The van der Waals surface area contributed by atoms with Crippen molar-refractivity contribution in [1.82, 2.24) is 4.90 Å². The maximum absolute atomic E-state index is 14.2. The van der Waals surface area contributed by atoms with Gasteiger partial charge in [-0.3, -0.25) is 4.79 Å². The number of unbranched alkanes of at least 4 members (excludes halogenated alkanes) is 2. The normalized spacial score (nSPS) is 16.9. The van der Waals surface area contributed by atoms with Gasteiger partial charge in [-0.2, -0.15) is 0 Å². The highest BCUT2D eigenvalue weighted by Crippen LogP contribution is 2.39. The highest BCUT2D eigenvalue weighted by atomic mass is 32.2. The first-order valence-electron chi connectivity index (χ1n) is 9.06. The molecule has 3 rings (SSSR count). The number of amides is 1. The molecule has 1 saturated heterocycles. The lowest BCUT2D eigenvalue weighted by molar-refractivity contribution is 0.0759. The Morgan fingerprint density at radius 2 is 1.92 bits per heavy atom. The lowest BCUT2D eigenvalue weighted by Gasteiger charge is -2.24. The van der Waals surface area contributed by atoms with E-state index >= 15 is 0 Å². The fourth-order valence-electron chi connectivity index (χ4n) is 3.20. The zero-order chi connectivity index (χ0) is 18.5. The van der Waals surface area contributed by atoms with Gasteiger partial charge in [0.05, 0.1) is 0 Å². The van der Waals surface area contributed by atoms with Gasteiger partial charge in [-0.1, -0.05) is 38.0 Å². The van der Waals surface area contributed by atoms with Gasteiger partial charge in [-0.15, -0.1) is 11.8 Å². The van der Waals surface area contributed by atoms with Gasteiger partial charge in [0.15, 0.2) is 0 Å². The van der Waals surface area contributed by atoms with Crippen LogP contribution in [0.1, 0.15) is 53.0 Å². The van der Waals surface area contributed by atoms with Crippen LogP contribution in [0.15, 0.2) is 42.5 Å². The number of carbonyl (C=O) groups is 1. The highest BCUT2D eigenvalue weighted by molar-refractivity contribution is 7.99. The van der Waals surface area contributed by atoms with Crippen LogP contribution in [0.3, 0.4) is 0 Å². The number of halogens is 2. The summed E-state index contributed by atoms with van der Waals surface area (Å²) in [6.07, 6.45) is 4.56. The molecule has 5 heteroatoms. The molecule has 1 aliphatic heterocycles. The number of carbonyl (C=O) groups excluding carboxylic acids is 1. The second-order valence-electron chi connectivity index (χ2n) is 6.54. The number of rotatable bonds is 6. The Kier molecular flexibility index (Phi) is 6.30. The molecule has 0 bridgehead atoms. The van der Waals surface area contributed by atoms with E-state index in [-0.39, 0.29) is 5.91 Å². The molecule has 0 N–H and O–H groups in total. The average Bonchev–Trinajstić information content (AvgIpc) is 3.11. The van der Waals surface area contributed by atoms with E-state index in [1.165, 1.54) is 42.3 Å². The van der Waals surface area contributed by atoms with Crippen LogP contribution in [0.25, 0.3) is 0 Å². The maximum atomic E-state index is 14.2. The van der Waals surface area contributed by atoms with Gasteiger partial charge in [-0.05, 0) is 36.6 Å². The molecule has 1 atom stereocenters. The van der Waals surface area contributed by atoms with Gasteiger partial charge >= 0.3 is 0 Å². The Balaban J connectivity index is 1.73. The van der Waals surface area contributed by atoms with E-state index in [9.17, 15) is 13.6 Å². The molecule has 138 valence electrons. The quantitative estimate of drug-likeness (QED) is 0.614. The average molecular weight is 375 g/mol. The fourth-order valence-corrected chi connectivity index (χ4v) is 4.47. The molecule has 2 aromatic carbocycles. The first-order chi connectivity index (χ1) is 12.6. The van der Waals surface area contributed by atoms with Crippen LogP contribution in [0, 0.1) is 11.6 Å². The molecule has 0 aromatic heterocycles. The van der Waals surface area contributed by atoms with Gasteiger partial charge in [-0.25, -0.2) is 8.78 Å². The summed E-state index contributed by atoms with van der Waals surface area (Å²) < 4.78 is 27.3. The molecular weight excluding hydrogens is 352 g/mol. The summed E-state index contributed by atoms with van der Waals surface area (Å²) >= 11 is 1.51. The van der Waals surface area contributed by atoms with Crippen molar-refractivity contribution in [1.29, 1.82) is 0 Å². The third-order valence-corrected chi connectivity index (χ3v) is 5.89. The summed E-state index contributed by atoms with van der Waals surface area (Å²) in [5.41, 5.74) is 2.20. The SMILES string of the molecule is CCCCCc1ccc(C(=O)N2CCSC2c2ccc(F)cc2F)cc1. The summed E-state index contributed by atoms with van der Waals surface area (Å²) in [4.78, 5) is 14.6. The first-order valence-corrected chi connectivity index (χ1v) is 10.1. The predicted octanol–water partition coefficient (Wildman–Crippen LogP) is 5.59. The van der Waals surface area contributed by atoms with E-state index < -0.39 is 17.0 Å². The van der Waals surface area contributed by atoms with Crippen molar-refractivity contribution in [3.05, 3.63) is 70.8 Å². The molecule has 0 saturated carbocycles. The number of thioether (sulfide) groups is 1. The van der Waals surface area contributed by atoms with E-state index in [1.54, 1.807) is 4.90 Å². The Morgan fingerprint density at radius 1 is 1.15 bits per heavy atom. The van der Waals surface area contributed by atoms with Crippen LogP contribution in [0.2, 0.25) is 0 Å². The molecule has 1 heterocycles. The highest BCUT2D eigenvalue weighted by Gasteiger charge is 2.33. The number of aryl methyl sites for hydroxylation is 1. The molecule has 0 spiro atoms. The summed E-state index contributed by atoms with van der Waals surface area (Å²) in [5.74, 6) is -0.578. The van der Waals surface area contributed by atoms with Gasteiger partial charge in [0.1, 0.15) is 17.0 Å². The zero-order valence-electron chi connectivity index (χ0n) is 14.9. The van der Waals surface area contributed by atoms with Crippen molar-refractivity contribution in [2.75, 3.05) is 12.3 Å². The molecule has 1 unspecified atom stereocenters. The van der Waals surface area contributed by atoms with E-state index in [0.717, 1.165) is 24.7 Å². The van der Waals surface area contributed by atoms with Gasteiger partial charge in [0.2, 0.25) is 0 Å². The smallest absolute Gasteiger partial charge is 0.255 e. The molecule has 1 amide bonds.